The molecule has 0 spiro atoms. The van der Waals surface area contributed by atoms with Crippen LogP contribution in [0.5, 0.6) is 5.75 Å². The molecule has 0 bridgehead atoms. The Morgan fingerprint density at radius 1 is 0.893 bits per heavy atom. The van der Waals surface area contributed by atoms with Gasteiger partial charge < -0.3 is 21.1 Å². The maximum absolute atomic E-state index is 12.2. The second-order valence-electron chi connectivity index (χ2n) is 6.12. The minimum Gasteiger partial charge on any atom is -0.487 e. The standard InChI is InChI=1S/C22H21N3O3/c23-22(27)17-9-6-10-18(13-17)25-21(26)14-24-19-11-4-5-12-20(19)28-15-16-7-2-1-3-8-16/h1-13,24H,14-15H2,(H2,23,27)(H,25,26). The molecule has 0 aliphatic heterocycles. The number of carbonyl (C=O) groups is 2. The minimum atomic E-state index is -0.543. The van der Waals surface area contributed by atoms with Crippen molar-refractivity contribution in [1.82, 2.24) is 0 Å². The van der Waals surface area contributed by atoms with E-state index in [0.29, 0.717) is 23.6 Å². The van der Waals surface area contributed by atoms with E-state index in [1.54, 1.807) is 18.2 Å². The fourth-order valence-electron chi connectivity index (χ4n) is 2.60. The fraction of sp³-hybridized carbons (Fsp3) is 0.0909. The number of nitrogens with two attached hydrogens (primary N) is 1. The van der Waals surface area contributed by atoms with E-state index in [9.17, 15) is 9.59 Å². The van der Waals surface area contributed by atoms with Crippen LogP contribution in [0.4, 0.5) is 11.4 Å². The second kappa shape index (κ2) is 9.23. The van der Waals surface area contributed by atoms with E-state index in [-0.39, 0.29) is 12.5 Å². The highest BCUT2D eigenvalue weighted by Gasteiger charge is 2.08. The van der Waals surface area contributed by atoms with Gasteiger partial charge in [-0.3, -0.25) is 9.59 Å². The lowest BCUT2D eigenvalue weighted by Crippen LogP contribution is -2.22. The average Bonchev–Trinajstić information content (AvgIpc) is 2.72. The lowest BCUT2D eigenvalue weighted by atomic mass is 10.2. The summed E-state index contributed by atoms with van der Waals surface area (Å²) in [6.07, 6.45) is 0. The van der Waals surface area contributed by atoms with Crippen molar-refractivity contribution < 1.29 is 14.3 Å². The Hall–Kier alpha value is -3.80. The van der Waals surface area contributed by atoms with Crippen molar-refractivity contribution in [3.63, 3.8) is 0 Å². The van der Waals surface area contributed by atoms with E-state index in [4.69, 9.17) is 10.5 Å². The third-order valence-corrected chi connectivity index (χ3v) is 3.99. The molecule has 0 atom stereocenters. The van der Waals surface area contributed by atoms with Gasteiger partial charge in [0.2, 0.25) is 11.8 Å². The number of rotatable bonds is 8. The third kappa shape index (κ3) is 5.35. The van der Waals surface area contributed by atoms with Crippen LogP contribution in [0.1, 0.15) is 15.9 Å². The van der Waals surface area contributed by atoms with Gasteiger partial charge in [0.05, 0.1) is 12.2 Å². The highest BCUT2D eigenvalue weighted by molar-refractivity contribution is 5.97. The van der Waals surface area contributed by atoms with Gasteiger partial charge in [0, 0.05) is 11.3 Å². The van der Waals surface area contributed by atoms with Gasteiger partial charge in [-0.15, -0.1) is 0 Å². The molecular formula is C22H21N3O3. The van der Waals surface area contributed by atoms with Crippen molar-refractivity contribution in [1.29, 1.82) is 0 Å². The van der Waals surface area contributed by atoms with E-state index >= 15 is 0 Å². The van der Waals surface area contributed by atoms with Gasteiger partial charge in [0.25, 0.3) is 0 Å². The Morgan fingerprint density at radius 3 is 2.43 bits per heavy atom. The topological polar surface area (TPSA) is 93.5 Å². The smallest absolute Gasteiger partial charge is 0.248 e. The van der Waals surface area contributed by atoms with Crippen LogP contribution in [-0.4, -0.2) is 18.4 Å². The van der Waals surface area contributed by atoms with E-state index in [1.165, 1.54) is 6.07 Å². The maximum atomic E-state index is 12.2. The number of ether oxygens (including phenoxy) is 1. The van der Waals surface area contributed by atoms with E-state index in [0.717, 1.165) is 11.3 Å². The van der Waals surface area contributed by atoms with Crippen molar-refractivity contribution in [2.45, 2.75) is 6.61 Å². The van der Waals surface area contributed by atoms with Gasteiger partial charge >= 0.3 is 0 Å². The van der Waals surface area contributed by atoms with Crippen LogP contribution >= 0.6 is 0 Å². The molecule has 142 valence electrons. The van der Waals surface area contributed by atoms with Crippen LogP contribution in [0, 0.1) is 0 Å². The first-order chi connectivity index (χ1) is 13.6. The Bertz CT molecular complexity index is 958. The van der Waals surface area contributed by atoms with Gasteiger partial charge in [-0.25, -0.2) is 0 Å². The van der Waals surface area contributed by atoms with E-state index in [2.05, 4.69) is 10.6 Å². The van der Waals surface area contributed by atoms with E-state index < -0.39 is 5.91 Å². The summed E-state index contributed by atoms with van der Waals surface area (Å²) in [6, 6.07) is 23.8. The molecule has 0 aromatic heterocycles. The molecule has 0 saturated heterocycles. The lowest BCUT2D eigenvalue weighted by molar-refractivity contribution is -0.114. The van der Waals surface area contributed by atoms with Gasteiger partial charge in [-0.2, -0.15) is 0 Å². The Kier molecular flexibility index (Phi) is 6.25. The number of amides is 2. The van der Waals surface area contributed by atoms with Crippen molar-refractivity contribution >= 4 is 23.2 Å². The minimum absolute atomic E-state index is 0.0481. The van der Waals surface area contributed by atoms with Crippen molar-refractivity contribution in [3.05, 3.63) is 90.0 Å². The third-order valence-electron chi connectivity index (χ3n) is 3.99. The first-order valence-corrected chi connectivity index (χ1v) is 8.81. The summed E-state index contributed by atoms with van der Waals surface area (Å²) in [4.78, 5) is 23.5. The van der Waals surface area contributed by atoms with Crippen molar-refractivity contribution in [2.24, 2.45) is 5.73 Å². The van der Waals surface area contributed by atoms with E-state index in [1.807, 2.05) is 54.6 Å². The average molecular weight is 375 g/mol. The highest BCUT2D eigenvalue weighted by Crippen LogP contribution is 2.24. The molecular weight excluding hydrogens is 354 g/mol. The largest absolute Gasteiger partial charge is 0.487 e. The number of para-hydroxylation sites is 2. The number of primary amides is 1. The molecule has 0 aliphatic rings. The molecule has 6 nitrogen and oxygen atoms in total. The number of benzene rings is 3. The van der Waals surface area contributed by atoms with Crippen molar-refractivity contribution in [3.8, 4) is 5.75 Å². The second-order valence-corrected chi connectivity index (χ2v) is 6.12. The van der Waals surface area contributed by atoms with Crippen LogP contribution < -0.4 is 21.1 Å². The lowest BCUT2D eigenvalue weighted by Gasteiger charge is -2.13. The number of hydrogen-bond donors (Lipinski definition) is 3. The van der Waals surface area contributed by atoms with Gasteiger partial charge in [0.15, 0.2) is 0 Å². The number of carbonyl (C=O) groups excluding carboxylic acids is 2. The van der Waals surface area contributed by atoms with Crippen LogP contribution in [0.25, 0.3) is 0 Å². The quantitative estimate of drug-likeness (QED) is 0.562. The molecule has 0 radical (unpaired) electrons. The summed E-state index contributed by atoms with van der Waals surface area (Å²) in [5.41, 5.74) is 7.89. The maximum Gasteiger partial charge on any atom is 0.248 e. The zero-order valence-corrected chi connectivity index (χ0v) is 15.2. The first kappa shape index (κ1) is 19.0. The molecule has 0 unspecified atom stereocenters. The molecule has 0 fully saturated rings. The van der Waals surface area contributed by atoms with Crippen LogP contribution in [-0.2, 0) is 11.4 Å². The molecule has 3 aromatic rings. The normalized spacial score (nSPS) is 10.1. The number of hydrogen-bond acceptors (Lipinski definition) is 4. The zero-order valence-electron chi connectivity index (χ0n) is 15.2. The summed E-state index contributed by atoms with van der Waals surface area (Å²) in [7, 11) is 0. The molecule has 6 heteroatoms. The fourth-order valence-corrected chi connectivity index (χ4v) is 2.60. The van der Waals surface area contributed by atoms with Crippen LogP contribution in [0.2, 0.25) is 0 Å². The summed E-state index contributed by atoms with van der Waals surface area (Å²) in [6.45, 7) is 0.484. The molecule has 28 heavy (non-hydrogen) atoms. The first-order valence-electron chi connectivity index (χ1n) is 8.81. The summed E-state index contributed by atoms with van der Waals surface area (Å²) < 4.78 is 5.87. The number of anilines is 2. The molecule has 0 saturated carbocycles. The van der Waals surface area contributed by atoms with Gasteiger partial charge in [0.1, 0.15) is 12.4 Å². The van der Waals surface area contributed by atoms with Crippen LogP contribution in [0.15, 0.2) is 78.9 Å². The Morgan fingerprint density at radius 2 is 1.64 bits per heavy atom. The van der Waals surface area contributed by atoms with Gasteiger partial charge in [-0.1, -0.05) is 48.5 Å². The molecule has 4 N–H and O–H groups in total. The Labute approximate surface area is 163 Å². The molecule has 0 aliphatic carbocycles. The monoisotopic (exact) mass is 375 g/mol. The molecule has 3 rings (SSSR count). The van der Waals surface area contributed by atoms with Crippen molar-refractivity contribution in [2.75, 3.05) is 17.2 Å². The predicted octanol–water partition coefficient (Wildman–Crippen LogP) is 3.42. The molecule has 0 heterocycles. The molecule has 3 aromatic carbocycles. The Balaban J connectivity index is 1.57. The SMILES string of the molecule is NC(=O)c1cccc(NC(=O)CNc2ccccc2OCc2ccccc2)c1. The van der Waals surface area contributed by atoms with Gasteiger partial charge in [-0.05, 0) is 35.9 Å². The summed E-state index contributed by atoms with van der Waals surface area (Å²) in [5, 5.41) is 5.81. The number of nitrogens with one attached hydrogen (secondary N) is 2. The summed E-state index contributed by atoms with van der Waals surface area (Å²) in [5.74, 6) is -0.131. The molecule has 2 amide bonds. The zero-order chi connectivity index (χ0) is 19.8. The van der Waals surface area contributed by atoms with Crippen LogP contribution in [0.3, 0.4) is 0 Å². The highest BCUT2D eigenvalue weighted by atomic mass is 16.5. The predicted molar refractivity (Wildman–Crippen MR) is 109 cm³/mol. The summed E-state index contributed by atoms with van der Waals surface area (Å²) >= 11 is 0.